The van der Waals surface area contributed by atoms with Gasteiger partial charge < -0.3 is 4.74 Å². The van der Waals surface area contributed by atoms with E-state index in [2.05, 4.69) is 0 Å². The molecule has 1 aromatic carbocycles. The number of methoxy groups -OCH3 is 1. The Morgan fingerprint density at radius 3 is 2.93 bits per heavy atom. The van der Waals surface area contributed by atoms with Crippen LogP contribution in [0.1, 0.15) is 5.56 Å². The zero-order valence-electron chi connectivity index (χ0n) is 7.51. The molecular weight excluding hydrogens is 239 g/mol. The largest absolute Gasteiger partial charge is 0.495 e. The van der Waals surface area contributed by atoms with Crippen LogP contribution >= 0.6 is 34.5 Å². The molecule has 0 spiro atoms. The predicted molar refractivity (Wildman–Crippen MR) is 62.9 cm³/mol. The Morgan fingerprint density at radius 1 is 1.50 bits per heavy atom. The summed E-state index contributed by atoms with van der Waals surface area (Å²) >= 11 is 13.5. The van der Waals surface area contributed by atoms with Crippen LogP contribution in [0.3, 0.4) is 0 Å². The Kier molecular flexibility index (Phi) is 2.86. The number of halogens is 2. The van der Waals surface area contributed by atoms with E-state index in [1.54, 1.807) is 18.4 Å². The molecule has 2 rings (SSSR count). The second-order valence-electron chi connectivity index (χ2n) is 2.85. The van der Waals surface area contributed by atoms with Gasteiger partial charge >= 0.3 is 0 Å². The molecule has 2 aromatic rings. The topological polar surface area (TPSA) is 9.23 Å². The van der Waals surface area contributed by atoms with Crippen LogP contribution in [-0.2, 0) is 5.88 Å². The van der Waals surface area contributed by atoms with Crippen molar-refractivity contribution in [1.82, 2.24) is 0 Å². The third-order valence-electron chi connectivity index (χ3n) is 2.07. The van der Waals surface area contributed by atoms with Crippen LogP contribution in [0.25, 0.3) is 10.1 Å². The summed E-state index contributed by atoms with van der Waals surface area (Å²) < 4.78 is 6.40. The van der Waals surface area contributed by atoms with Gasteiger partial charge in [0.25, 0.3) is 0 Å². The molecule has 1 heterocycles. The number of hydrogen-bond donors (Lipinski definition) is 0. The summed E-state index contributed by atoms with van der Waals surface area (Å²) in [5, 5.41) is 3.76. The highest BCUT2D eigenvalue weighted by Crippen LogP contribution is 2.39. The molecule has 0 radical (unpaired) electrons. The quantitative estimate of drug-likeness (QED) is 0.719. The molecular formula is C10H8Cl2OS. The van der Waals surface area contributed by atoms with Gasteiger partial charge in [0.1, 0.15) is 5.75 Å². The molecule has 1 aromatic heterocycles. The minimum atomic E-state index is 0.413. The van der Waals surface area contributed by atoms with Gasteiger partial charge in [0.2, 0.25) is 0 Å². The summed E-state index contributed by atoms with van der Waals surface area (Å²) in [4.78, 5) is 0. The average Bonchev–Trinajstić information content (AvgIpc) is 2.66. The lowest BCUT2D eigenvalue weighted by Crippen LogP contribution is -1.89. The molecule has 0 atom stereocenters. The molecule has 74 valence electrons. The van der Waals surface area contributed by atoms with Crippen molar-refractivity contribution in [2.75, 3.05) is 7.11 Å². The normalized spacial score (nSPS) is 10.8. The van der Waals surface area contributed by atoms with Gasteiger partial charge in [-0.3, -0.25) is 0 Å². The highest BCUT2D eigenvalue weighted by atomic mass is 35.5. The second kappa shape index (κ2) is 3.97. The fraction of sp³-hybridized carbons (Fsp3) is 0.200. The lowest BCUT2D eigenvalue weighted by molar-refractivity contribution is 0.417. The Bertz CT molecular complexity index is 464. The molecule has 0 bridgehead atoms. The molecule has 0 N–H and O–H groups in total. The van der Waals surface area contributed by atoms with Crippen LogP contribution < -0.4 is 4.74 Å². The molecule has 0 saturated heterocycles. The molecule has 0 unspecified atom stereocenters. The molecule has 0 fully saturated rings. The Balaban J connectivity index is 2.82. The summed E-state index contributed by atoms with van der Waals surface area (Å²) in [6, 6.07) is 3.85. The third kappa shape index (κ3) is 1.48. The van der Waals surface area contributed by atoms with Crippen molar-refractivity contribution in [2.45, 2.75) is 5.88 Å². The van der Waals surface area contributed by atoms with E-state index >= 15 is 0 Å². The zero-order chi connectivity index (χ0) is 10.1. The van der Waals surface area contributed by atoms with Crippen molar-refractivity contribution in [2.24, 2.45) is 0 Å². The highest BCUT2D eigenvalue weighted by molar-refractivity contribution is 7.17. The predicted octanol–water partition coefficient (Wildman–Crippen LogP) is 4.30. The van der Waals surface area contributed by atoms with Crippen molar-refractivity contribution >= 4 is 44.6 Å². The molecule has 0 saturated carbocycles. The summed E-state index contributed by atoms with van der Waals surface area (Å²) in [5.41, 5.74) is 0.939. The third-order valence-corrected chi connectivity index (χ3v) is 3.58. The van der Waals surface area contributed by atoms with Crippen LogP contribution in [0.5, 0.6) is 5.75 Å². The Labute approximate surface area is 96.2 Å². The van der Waals surface area contributed by atoms with Gasteiger partial charge in [0.05, 0.1) is 17.7 Å². The van der Waals surface area contributed by atoms with Crippen molar-refractivity contribution in [3.63, 3.8) is 0 Å². The van der Waals surface area contributed by atoms with E-state index < -0.39 is 0 Å². The first kappa shape index (κ1) is 10.1. The van der Waals surface area contributed by atoms with Crippen LogP contribution in [0, 0.1) is 0 Å². The molecule has 0 amide bonds. The summed E-state index contributed by atoms with van der Waals surface area (Å²) in [7, 11) is 1.65. The monoisotopic (exact) mass is 246 g/mol. The maximum atomic E-state index is 6.10. The molecule has 0 aliphatic carbocycles. The van der Waals surface area contributed by atoms with E-state index in [1.807, 2.05) is 17.5 Å². The van der Waals surface area contributed by atoms with E-state index in [-0.39, 0.29) is 0 Å². The van der Waals surface area contributed by atoms with Gasteiger partial charge in [-0.05, 0) is 17.5 Å². The highest BCUT2D eigenvalue weighted by Gasteiger charge is 2.11. The maximum absolute atomic E-state index is 6.10. The average molecular weight is 247 g/mol. The second-order valence-corrected chi connectivity index (χ2v) is 4.44. The van der Waals surface area contributed by atoms with E-state index in [0.29, 0.717) is 5.88 Å². The van der Waals surface area contributed by atoms with Gasteiger partial charge in [-0.2, -0.15) is 0 Å². The number of alkyl halides is 1. The minimum absolute atomic E-state index is 0.413. The Morgan fingerprint density at radius 2 is 2.29 bits per heavy atom. The summed E-state index contributed by atoms with van der Waals surface area (Å²) in [6.45, 7) is 0. The van der Waals surface area contributed by atoms with Crippen molar-refractivity contribution < 1.29 is 4.74 Å². The number of ether oxygens (including phenoxy) is 1. The molecule has 4 heteroatoms. The number of rotatable bonds is 2. The summed E-state index contributed by atoms with van der Waals surface area (Å²) in [5.74, 6) is 1.26. The summed E-state index contributed by atoms with van der Waals surface area (Å²) in [6.07, 6.45) is 0. The SMILES string of the molecule is COc1c(CCl)cc(Cl)c2ccsc12. The van der Waals surface area contributed by atoms with Crippen LogP contribution in [0.4, 0.5) is 0 Å². The lowest BCUT2D eigenvalue weighted by Gasteiger charge is -2.08. The minimum Gasteiger partial charge on any atom is -0.495 e. The van der Waals surface area contributed by atoms with E-state index in [0.717, 1.165) is 26.4 Å². The number of fused-ring (bicyclic) bond motifs is 1. The molecule has 14 heavy (non-hydrogen) atoms. The van der Waals surface area contributed by atoms with Crippen molar-refractivity contribution in [3.05, 3.63) is 28.1 Å². The van der Waals surface area contributed by atoms with Gasteiger partial charge in [-0.25, -0.2) is 0 Å². The smallest absolute Gasteiger partial charge is 0.141 e. The van der Waals surface area contributed by atoms with E-state index in [1.165, 1.54) is 0 Å². The first-order valence-corrected chi connectivity index (χ1v) is 5.85. The lowest BCUT2D eigenvalue weighted by atomic mass is 10.2. The van der Waals surface area contributed by atoms with Gasteiger partial charge in [-0.1, -0.05) is 11.6 Å². The number of thiophene rings is 1. The van der Waals surface area contributed by atoms with Crippen molar-refractivity contribution in [3.8, 4) is 5.75 Å². The maximum Gasteiger partial charge on any atom is 0.141 e. The molecule has 0 aliphatic heterocycles. The van der Waals surface area contributed by atoms with E-state index in [4.69, 9.17) is 27.9 Å². The number of benzene rings is 1. The zero-order valence-corrected chi connectivity index (χ0v) is 9.84. The standard InChI is InChI=1S/C10H8Cl2OS/c1-13-9-6(5-11)4-8(12)7-2-3-14-10(7)9/h2-4H,5H2,1H3. The van der Waals surface area contributed by atoms with Crippen LogP contribution in [0.15, 0.2) is 17.5 Å². The van der Waals surface area contributed by atoms with E-state index in [9.17, 15) is 0 Å². The van der Waals surface area contributed by atoms with Gasteiger partial charge in [-0.15, -0.1) is 22.9 Å². The molecule has 0 aliphatic rings. The molecule has 1 nitrogen and oxygen atoms in total. The fourth-order valence-corrected chi connectivity index (χ4v) is 2.95. The van der Waals surface area contributed by atoms with Crippen LogP contribution in [0.2, 0.25) is 5.02 Å². The van der Waals surface area contributed by atoms with Crippen LogP contribution in [-0.4, -0.2) is 7.11 Å². The first-order valence-electron chi connectivity index (χ1n) is 4.06. The van der Waals surface area contributed by atoms with Gasteiger partial charge in [0, 0.05) is 16.0 Å². The van der Waals surface area contributed by atoms with Gasteiger partial charge in [0.15, 0.2) is 0 Å². The number of hydrogen-bond acceptors (Lipinski definition) is 2. The fourth-order valence-electron chi connectivity index (χ4n) is 1.44. The first-order chi connectivity index (χ1) is 6.77. The Hall–Kier alpha value is -0.440. The van der Waals surface area contributed by atoms with Crippen molar-refractivity contribution in [1.29, 1.82) is 0 Å².